The first-order chi connectivity index (χ1) is 8.38. The molecule has 0 amide bonds. The first-order valence-electron chi connectivity index (χ1n) is 5.61. The Morgan fingerprint density at radius 1 is 1.44 bits per heavy atom. The van der Waals surface area contributed by atoms with E-state index in [1.54, 1.807) is 0 Å². The Morgan fingerprint density at radius 2 is 2.17 bits per heavy atom. The number of hydrogen-bond donors (Lipinski definition) is 1. The molecular formula is C11H13BrF3N3. The third kappa shape index (κ3) is 2.95. The Kier molecular flexibility index (Phi) is 3.82. The van der Waals surface area contributed by atoms with Gasteiger partial charge in [0, 0.05) is 25.3 Å². The van der Waals surface area contributed by atoms with Crippen molar-refractivity contribution in [1.29, 1.82) is 0 Å². The van der Waals surface area contributed by atoms with E-state index >= 15 is 0 Å². The van der Waals surface area contributed by atoms with Gasteiger partial charge in [0.1, 0.15) is 5.82 Å². The van der Waals surface area contributed by atoms with Crippen LogP contribution in [0.4, 0.5) is 19.0 Å². The van der Waals surface area contributed by atoms with Crippen LogP contribution in [-0.2, 0) is 6.18 Å². The van der Waals surface area contributed by atoms with Crippen LogP contribution in [0.2, 0.25) is 0 Å². The summed E-state index contributed by atoms with van der Waals surface area (Å²) in [7, 11) is 0. The monoisotopic (exact) mass is 323 g/mol. The first-order valence-corrected chi connectivity index (χ1v) is 6.40. The highest BCUT2D eigenvalue weighted by atomic mass is 79.9. The van der Waals surface area contributed by atoms with Gasteiger partial charge in [0.05, 0.1) is 10.0 Å². The van der Waals surface area contributed by atoms with E-state index in [0.29, 0.717) is 16.8 Å². The van der Waals surface area contributed by atoms with E-state index in [-0.39, 0.29) is 6.04 Å². The smallest absolute Gasteiger partial charge is 0.354 e. The predicted octanol–water partition coefficient (Wildman–Crippen LogP) is 2.79. The predicted molar refractivity (Wildman–Crippen MR) is 66.4 cm³/mol. The van der Waals surface area contributed by atoms with E-state index in [0.717, 1.165) is 31.6 Å². The summed E-state index contributed by atoms with van der Waals surface area (Å²) in [5.74, 6) is 0.526. The Bertz CT molecular complexity index is 436. The fourth-order valence-electron chi connectivity index (χ4n) is 2.02. The number of aromatic nitrogens is 1. The molecule has 1 aromatic heterocycles. The van der Waals surface area contributed by atoms with Crippen molar-refractivity contribution in [3.8, 4) is 0 Å². The molecule has 100 valence electrons. The summed E-state index contributed by atoms with van der Waals surface area (Å²) < 4.78 is 37.9. The van der Waals surface area contributed by atoms with Crippen LogP contribution >= 0.6 is 15.9 Å². The van der Waals surface area contributed by atoms with E-state index in [1.807, 2.05) is 4.90 Å². The molecule has 0 aliphatic carbocycles. The largest absolute Gasteiger partial charge is 0.417 e. The summed E-state index contributed by atoms with van der Waals surface area (Å²) in [5, 5.41) is 0. The highest BCUT2D eigenvalue weighted by molar-refractivity contribution is 9.10. The van der Waals surface area contributed by atoms with Gasteiger partial charge in [-0.2, -0.15) is 13.2 Å². The van der Waals surface area contributed by atoms with E-state index in [9.17, 15) is 13.2 Å². The van der Waals surface area contributed by atoms with Crippen LogP contribution in [0, 0.1) is 0 Å². The van der Waals surface area contributed by atoms with Gasteiger partial charge in [0.2, 0.25) is 0 Å². The molecule has 0 radical (unpaired) electrons. The van der Waals surface area contributed by atoms with E-state index in [2.05, 4.69) is 20.9 Å². The maximum absolute atomic E-state index is 12.5. The minimum absolute atomic E-state index is 0.0507. The van der Waals surface area contributed by atoms with Crippen LogP contribution in [0.1, 0.15) is 18.4 Å². The van der Waals surface area contributed by atoms with Crippen molar-refractivity contribution >= 4 is 21.7 Å². The van der Waals surface area contributed by atoms with Crippen molar-refractivity contribution < 1.29 is 13.2 Å². The lowest BCUT2D eigenvalue weighted by molar-refractivity contribution is -0.137. The lowest BCUT2D eigenvalue weighted by Crippen LogP contribution is -2.43. The molecule has 18 heavy (non-hydrogen) atoms. The lowest BCUT2D eigenvalue weighted by atomic mass is 10.1. The molecule has 1 fully saturated rings. The molecular weight excluding hydrogens is 311 g/mol. The van der Waals surface area contributed by atoms with E-state index in [4.69, 9.17) is 5.73 Å². The molecule has 0 spiro atoms. The van der Waals surface area contributed by atoms with Crippen molar-refractivity contribution in [3.63, 3.8) is 0 Å². The number of pyridine rings is 1. The number of anilines is 1. The van der Waals surface area contributed by atoms with Crippen LogP contribution in [0.3, 0.4) is 0 Å². The number of halogens is 4. The minimum Gasteiger partial charge on any atom is -0.354 e. The molecule has 1 unspecified atom stereocenters. The third-order valence-corrected chi connectivity index (χ3v) is 3.49. The van der Waals surface area contributed by atoms with E-state index < -0.39 is 11.7 Å². The van der Waals surface area contributed by atoms with Crippen molar-refractivity contribution in [2.45, 2.75) is 25.1 Å². The van der Waals surface area contributed by atoms with Crippen molar-refractivity contribution in [2.24, 2.45) is 5.73 Å². The summed E-state index contributed by atoms with van der Waals surface area (Å²) in [6.45, 7) is 1.39. The van der Waals surface area contributed by atoms with Crippen molar-refractivity contribution in [3.05, 3.63) is 22.3 Å². The molecule has 1 aromatic rings. The van der Waals surface area contributed by atoms with E-state index in [1.165, 1.54) is 0 Å². The molecule has 2 rings (SSSR count). The normalized spacial score (nSPS) is 21.2. The molecule has 2 N–H and O–H groups in total. The quantitative estimate of drug-likeness (QED) is 0.864. The number of rotatable bonds is 1. The third-order valence-electron chi connectivity index (χ3n) is 2.91. The average molecular weight is 324 g/mol. The zero-order valence-electron chi connectivity index (χ0n) is 9.54. The number of piperidine rings is 1. The number of alkyl halides is 3. The van der Waals surface area contributed by atoms with Crippen LogP contribution < -0.4 is 10.6 Å². The molecule has 1 aliphatic heterocycles. The van der Waals surface area contributed by atoms with Gasteiger partial charge in [0.15, 0.2) is 0 Å². The van der Waals surface area contributed by atoms with Crippen LogP contribution in [0.25, 0.3) is 0 Å². The lowest BCUT2D eigenvalue weighted by Gasteiger charge is -2.32. The molecule has 2 heterocycles. The number of nitrogens with zero attached hydrogens (tertiary/aromatic N) is 2. The summed E-state index contributed by atoms with van der Waals surface area (Å²) in [5.41, 5.74) is 5.10. The highest BCUT2D eigenvalue weighted by Gasteiger charge is 2.32. The molecule has 3 nitrogen and oxygen atoms in total. The van der Waals surface area contributed by atoms with Gasteiger partial charge in [0.25, 0.3) is 0 Å². The van der Waals surface area contributed by atoms with Gasteiger partial charge >= 0.3 is 6.18 Å². The molecule has 0 aromatic carbocycles. The average Bonchev–Trinajstić information content (AvgIpc) is 2.27. The maximum atomic E-state index is 12.5. The molecule has 1 atom stereocenters. The SMILES string of the molecule is NC1CCCN(c2ncc(C(F)(F)F)cc2Br)C1. The van der Waals surface area contributed by atoms with Gasteiger partial charge in [-0.1, -0.05) is 0 Å². The van der Waals surface area contributed by atoms with Gasteiger partial charge in [-0.25, -0.2) is 4.98 Å². The van der Waals surface area contributed by atoms with Crippen LogP contribution in [0.15, 0.2) is 16.7 Å². The number of nitrogens with two attached hydrogens (primary N) is 1. The minimum atomic E-state index is -4.37. The topological polar surface area (TPSA) is 42.1 Å². The molecule has 1 aliphatic rings. The Morgan fingerprint density at radius 3 is 2.72 bits per heavy atom. The summed E-state index contributed by atoms with van der Waals surface area (Å²) in [4.78, 5) is 5.82. The second-order valence-corrected chi connectivity index (χ2v) is 5.23. The van der Waals surface area contributed by atoms with Gasteiger partial charge in [-0.15, -0.1) is 0 Å². The highest BCUT2D eigenvalue weighted by Crippen LogP contribution is 2.34. The van der Waals surface area contributed by atoms with Crippen LogP contribution in [-0.4, -0.2) is 24.1 Å². The maximum Gasteiger partial charge on any atom is 0.417 e. The van der Waals surface area contributed by atoms with Crippen molar-refractivity contribution in [2.75, 3.05) is 18.0 Å². The first kappa shape index (κ1) is 13.6. The molecule has 0 bridgehead atoms. The molecule has 1 saturated heterocycles. The van der Waals surface area contributed by atoms with Gasteiger partial charge in [-0.05, 0) is 34.8 Å². The second-order valence-electron chi connectivity index (χ2n) is 4.38. The fourth-order valence-corrected chi connectivity index (χ4v) is 2.62. The Hall–Kier alpha value is -0.820. The zero-order valence-corrected chi connectivity index (χ0v) is 11.1. The standard InChI is InChI=1S/C11H13BrF3N3/c12-9-4-7(11(13,14)15)5-17-10(9)18-3-1-2-8(16)6-18/h4-5,8H,1-3,6,16H2. The summed E-state index contributed by atoms with van der Waals surface area (Å²) in [6, 6.07) is 1.11. The van der Waals surface area contributed by atoms with Crippen molar-refractivity contribution in [1.82, 2.24) is 4.98 Å². The second kappa shape index (κ2) is 5.05. The van der Waals surface area contributed by atoms with Crippen LogP contribution in [0.5, 0.6) is 0 Å². The molecule has 0 saturated carbocycles. The Balaban J connectivity index is 2.24. The fraction of sp³-hybridized carbons (Fsp3) is 0.545. The van der Waals surface area contributed by atoms with Gasteiger partial charge in [-0.3, -0.25) is 0 Å². The zero-order chi connectivity index (χ0) is 13.3. The summed E-state index contributed by atoms with van der Waals surface area (Å²) in [6.07, 6.45) is -1.64. The summed E-state index contributed by atoms with van der Waals surface area (Å²) >= 11 is 3.15. The van der Waals surface area contributed by atoms with Gasteiger partial charge < -0.3 is 10.6 Å². The molecule has 7 heteroatoms. The Labute approximate surface area is 111 Å². The number of hydrogen-bond acceptors (Lipinski definition) is 3.